The fourth-order valence-corrected chi connectivity index (χ4v) is 3.35. The molecule has 0 aliphatic carbocycles. The number of carboxylic acids is 1. The molecule has 2 rings (SSSR count). The summed E-state index contributed by atoms with van der Waals surface area (Å²) < 4.78 is 0. The molecule has 2 fully saturated rings. The van der Waals surface area contributed by atoms with E-state index in [9.17, 15) is 9.59 Å². The largest absolute Gasteiger partial charge is 0.481 e. The quantitative estimate of drug-likeness (QED) is 0.788. The van der Waals surface area contributed by atoms with Gasteiger partial charge >= 0.3 is 5.97 Å². The van der Waals surface area contributed by atoms with E-state index in [2.05, 4.69) is 4.90 Å². The lowest BCUT2D eigenvalue weighted by atomic mass is 9.89. The summed E-state index contributed by atoms with van der Waals surface area (Å²) in [6.07, 6.45) is 4.30. The molecule has 0 radical (unpaired) electrons. The van der Waals surface area contributed by atoms with Crippen LogP contribution in [0.15, 0.2) is 0 Å². The van der Waals surface area contributed by atoms with E-state index in [1.165, 1.54) is 0 Å². The number of aliphatic carboxylic acids is 1. The smallest absolute Gasteiger partial charge is 0.308 e. The number of rotatable bonds is 5. The first-order valence-electron chi connectivity index (χ1n) is 6.69. The highest BCUT2D eigenvalue weighted by Crippen LogP contribution is 2.41. The van der Waals surface area contributed by atoms with Crippen molar-refractivity contribution in [2.24, 2.45) is 5.92 Å². The summed E-state index contributed by atoms with van der Waals surface area (Å²) in [4.78, 5) is 26.5. The topological polar surface area (TPSA) is 60.9 Å². The number of nitrogens with zero attached hydrogens (tertiary/aromatic N) is 2. The summed E-state index contributed by atoms with van der Waals surface area (Å²) in [7, 11) is 3.53. The zero-order valence-corrected chi connectivity index (χ0v) is 11.1. The molecule has 2 aliphatic heterocycles. The molecule has 0 saturated carbocycles. The fourth-order valence-electron chi connectivity index (χ4n) is 3.35. The second kappa shape index (κ2) is 5.26. The molecule has 2 aliphatic rings. The van der Waals surface area contributed by atoms with Gasteiger partial charge in [0.25, 0.3) is 0 Å². The van der Waals surface area contributed by atoms with Crippen LogP contribution in [0.5, 0.6) is 0 Å². The van der Waals surface area contributed by atoms with Gasteiger partial charge in [0.05, 0.1) is 5.92 Å². The highest BCUT2D eigenvalue weighted by atomic mass is 16.4. The predicted octanol–water partition coefficient (Wildman–Crippen LogP) is 0.792. The number of carboxylic acid groups (broad SMARTS) is 1. The average molecular weight is 254 g/mol. The van der Waals surface area contributed by atoms with E-state index >= 15 is 0 Å². The molecule has 2 saturated heterocycles. The molecule has 2 heterocycles. The van der Waals surface area contributed by atoms with Crippen molar-refractivity contribution in [3.8, 4) is 0 Å². The molecule has 18 heavy (non-hydrogen) atoms. The van der Waals surface area contributed by atoms with Gasteiger partial charge in [-0.25, -0.2) is 0 Å². The van der Waals surface area contributed by atoms with Gasteiger partial charge in [0.2, 0.25) is 5.91 Å². The van der Waals surface area contributed by atoms with Crippen LogP contribution in [0.4, 0.5) is 0 Å². The summed E-state index contributed by atoms with van der Waals surface area (Å²) in [6.45, 7) is 0.860. The van der Waals surface area contributed by atoms with Crippen molar-refractivity contribution in [1.82, 2.24) is 9.80 Å². The molecule has 5 heteroatoms. The third kappa shape index (κ3) is 2.51. The van der Waals surface area contributed by atoms with Crippen molar-refractivity contribution in [2.75, 3.05) is 20.6 Å². The molecule has 0 aromatic heterocycles. The fraction of sp³-hybridized carbons (Fsp3) is 0.846. The van der Waals surface area contributed by atoms with Crippen molar-refractivity contribution < 1.29 is 14.7 Å². The van der Waals surface area contributed by atoms with Crippen LogP contribution >= 0.6 is 0 Å². The Hall–Kier alpha value is -1.10. The van der Waals surface area contributed by atoms with Gasteiger partial charge < -0.3 is 10.0 Å². The van der Waals surface area contributed by atoms with Crippen LogP contribution in [0, 0.1) is 5.92 Å². The number of hydrogen-bond donors (Lipinski definition) is 1. The minimum Gasteiger partial charge on any atom is -0.481 e. The van der Waals surface area contributed by atoms with Crippen molar-refractivity contribution in [3.05, 3.63) is 0 Å². The molecule has 5 nitrogen and oxygen atoms in total. The van der Waals surface area contributed by atoms with E-state index in [0.717, 1.165) is 32.2 Å². The summed E-state index contributed by atoms with van der Waals surface area (Å²) in [6, 6.07) is 0.646. The van der Waals surface area contributed by atoms with Crippen LogP contribution in [0.25, 0.3) is 0 Å². The van der Waals surface area contributed by atoms with Crippen LogP contribution in [-0.2, 0) is 9.59 Å². The van der Waals surface area contributed by atoms with Gasteiger partial charge in [0.15, 0.2) is 0 Å². The lowest BCUT2D eigenvalue weighted by molar-refractivity contribution is -0.142. The minimum atomic E-state index is -0.656. The molecule has 3 atom stereocenters. The van der Waals surface area contributed by atoms with Crippen LogP contribution in [0.3, 0.4) is 0 Å². The lowest BCUT2D eigenvalue weighted by Gasteiger charge is -2.22. The third-order valence-electron chi connectivity index (χ3n) is 4.30. The number of carbonyl (C=O) groups is 2. The standard InChI is InChI=1S/C13H22N2O3/c1-14(2)12(16)4-3-7-15-9-5-6-11(15)10(8-9)13(17)18/h9-11H,3-8H2,1-2H3,(H,17,18). The van der Waals surface area contributed by atoms with E-state index in [1.54, 1.807) is 19.0 Å². The first kappa shape index (κ1) is 13.3. The molecule has 1 N–H and O–H groups in total. The van der Waals surface area contributed by atoms with Gasteiger partial charge in [-0.1, -0.05) is 0 Å². The Balaban J connectivity index is 1.81. The molecule has 1 amide bonds. The van der Waals surface area contributed by atoms with Crippen LogP contribution in [0.2, 0.25) is 0 Å². The monoisotopic (exact) mass is 254 g/mol. The number of carbonyl (C=O) groups excluding carboxylic acids is 1. The highest BCUT2D eigenvalue weighted by molar-refractivity contribution is 5.75. The van der Waals surface area contributed by atoms with Crippen molar-refractivity contribution in [2.45, 2.75) is 44.2 Å². The van der Waals surface area contributed by atoms with Gasteiger partial charge in [-0.15, -0.1) is 0 Å². The maximum Gasteiger partial charge on any atom is 0.308 e. The van der Waals surface area contributed by atoms with Crippen molar-refractivity contribution in [1.29, 1.82) is 0 Å². The molecule has 3 unspecified atom stereocenters. The van der Waals surface area contributed by atoms with Crippen molar-refractivity contribution >= 4 is 11.9 Å². The van der Waals surface area contributed by atoms with Crippen LogP contribution in [-0.4, -0.2) is 59.5 Å². The second-order valence-corrected chi connectivity index (χ2v) is 5.61. The summed E-state index contributed by atoms with van der Waals surface area (Å²) >= 11 is 0. The van der Waals surface area contributed by atoms with Gasteiger partial charge in [0, 0.05) is 32.6 Å². The summed E-state index contributed by atoms with van der Waals surface area (Å²) in [5, 5.41) is 9.15. The number of amides is 1. The van der Waals surface area contributed by atoms with Gasteiger partial charge in [-0.3, -0.25) is 14.5 Å². The summed E-state index contributed by atoms with van der Waals surface area (Å²) in [5.41, 5.74) is 0. The molecule has 102 valence electrons. The highest BCUT2D eigenvalue weighted by Gasteiger charge is 2.48. The van der Waals surface area contributed by atoms with E-state index in [1.807, 2.05) is 0 Å². The van der Waals surface area contributed by atoms with Crippen LogP contribution in [0.1, 0.15) is 32.1 Å². The third-order valence-corrected chi connectivity index (χ3v) is 4.30. The van der Waals surface area contributed by atoms with Gasteiger partial charge in [0.1, 0.15) is 0 Å². The summed E-state index contributed by atoms with van der Waals surface area (Å²) in [5.74, 6) is -0.693. The molecular weight excluding hydrogens is 232 g/mol. The Labute approximate surface area is 108 Å². The SMILES string of the molecule is CN(C)C(=O)CCCN1C2CCC1C(C(=O)O)C2. The van der Waals surface area contributed by atoms with Gasteiger partial charge in [-0.2, -0.15) is 0 Å². The lowest BCUT2D eigenvalue weighted by Crippen LogP contribution is -2.34. The Bertz CT molecular complexity index is 343. The molecule has 0 spiro atoms. The van der Waals surface area contributed by atoms with E-state index in [4.69, 9.17) is 5.11 Å². The van der Waals surface area contributed by atoms with Crippen LogP contribution < -0.4 is 0 Å². The molecule has 2 bridgehead atoms. The second-order valence-electron chi connectivity index (χ2n) is 5.61. The molecule has 0 aromatic rings. The Kier molecular flexibility index (Phi) is 3.90. The Morgan fingerprint density at radius 2 is 2.06 bits per heavy atom. The molecule has 0 aromatic carbocycles. The zero-order chi connectivity index (χ0) is 13.3. The predicted molar refractivity (Wildman–Crippen MR) is 67.2 cm³/mol. The number of fused-ring (bicyclic) bond motifs is 2. The van der Waals surface area contributed by atoms with E-state index in [0.29, 0.717) is 12.5 Å². The average Bonchev–Trinajstić information content (AvgIpc) is 2.86. The Morgan fingerprint density at radius 1 is 1.33 bits per heavy atom. The molecular formula is C13H22N2O3. The normalized spacial score (nSPS) is 30.7. The van der Waals surface area contributed by atoms with E-state index < -0.39 is 5.97 Å². The van der Waals surface area contributed by atoms with Crippen molar-refractivity contribution in [3.63, 3.8) is 0 Å². The Morgan fingerprint density at radius 3 is 2.61 bits per heavy atom. The maximum atomic E-state index is 11.5. The first-order valence-corrected chi connectivity index (χ1v) is 6.69. The maximum absolute atomic E-state index is 11.5. The minimum absolute atomic E-state index is 0.149. The van der Waals surface area contributed by atoms with Gasteiger partial charge in [-0.05, 0) is 32.2 Å². The first-order chi connectivity index (χ1) is 8.50. The van der Waals surface area contributed by atoms with E-state index in [-0.39, 0.29) is 17.9 Å². The zero-order valence-electron chi connectivity index (χ0n) is 11.1. The number of hydrogen-bond acceptors (Lipinski definition) is 3.